The third-order valence-electron chi connectivity index (χ3n) is 7.84. The van der Waals surface area contributed by atoms with Crippen molar-refractivity contribution in [2.75, 3.05) is 0 Å². The molecule has 2 aliphatic rings. The van der Waals surface area contributed by atoms with Gasteiger partial charge in [-0.1, -0.05) is 85.1 Å². The summed E-state index contributed by atoms with van der Waals surface area (Å²) in [4.78, 5) is 0. The maximum absolute atomic E-state index is 7.25. The molecule has 0 heterocycles. The van der Waals surface area contributed by atoms with Crippen molar-refractivity contribution in [2.45, 2.75) is 142 Å². The number of hydrogen-bond acceptors (Lipinski definition) is 1. The Morgan fingerprint density at radius 3 is 2.04 bits per heavy atom. The highest BCUT2D eigenvalue weighted by Crippen LogP contribution is 2.42. The molecule has 28 heavy (non-hydrogen) atoms. The summed E-state index contributed by atoms with van der Waals surface area (Å²) in [6.45, 7) is 14.5. The van der Waals surface area contributed by atoms with Crippen molar-refractivity contribution < 1.29 is 4.43 Å². The first kappa shape index (κ1) is 24.2. The summed E-state index contributed by atoms with van der Waals surface area (Å²) in [6, 6.07) is 0. The van der Waals surface area contributed by atoms with Gasteiger partial charge in [0.15, 0.2) is 8.32 Å². The van der Waals surface area contributed by atoms with Crippen molar-refractivity contribution in [3.8, 4) is 0 Å². The third-order valence-corrected chi connectivity index (χ3v) is 12.3. The number of unbranched alkanes of at least 4 members (excludes halogenated alkanes) is 2. The van der Waals surface area contributed by atoms with Crippen molar-refractivity contribution >= 4 is 8.32 Å². The van der Waals surface area contributed by atoms with Crippen molar-refractivity contribution in [2.24, 2.45) is 11.8 Å². The van der Waals surface area contributed by atoms with Crippen LogP contribution in [0, 0.1) is 11.8 Å². The summed E-state index contributed by atoms with van der Waals surface area (Å²) in [7, 11) is -1.77. The number of allylic oxidation sites excluding steroid dienone is 1. The highest BCUT2D eigenvalue weighted by Gasteiger charge is 2.41. The van der Waals surface area contributed by atoms with Gasteiger partial charge in [0.05, 0.1) is 6.10 Å². The van der Waals surface area contributed by atoms with E-state index in [0.29, 0.717) is 11.1 Å². The van der Waals surface area contributed by atoms with E-state index in [9.17, 15) is 0 Å². The molecular weight excluding hydrogens is 356 g/mol. The van der Waals surface area contributed by atoms with E-state index >= 15 is 0 Å². The molecule has 2 fully saturated rings. The second-order valence-corrected chi connectivity index (χ2v) is 16.0. The molecule has 0 aliphatic heterocycles. The zero-order valence-electron chi connectivity index (χ0n) is 20.1. The summed E-state index contributed by atoms with van der Waals surface area (Å²) in [5.41, 5.74) is 1.71. The Hall–Kier alpha value is -0.0831. The minimum Gasteiger partial charge on any atom is -0.410 e. The van der Waals surface area contributed by atoms with E-state index in [1.54, 1.807) is 5.57 Å². The van der Waals surface area contributed by atoms with Gasteiger partial charge in [0.25, 0.3) is 0 Å². The second-order valence-electron chi connectivity index (χ2n) is 11.3. The van der Waals surface area contributed by atoms with E-state index in [2.05, 4.69) is 46.9 Å². The average molecular weight is 407 g/mol. The zero-order chi connectivity index (χ0) is 20.6. The molecule has 2 aliphatic carbocycles. The van der Waals surface area contributed by atoms with E-state index in [0.717, 1.165) is 11.8 Å². The summed E-state index contributed by atoms with van der Waals surface area (Å²) >= 11 is 0. The smallest absolute Gasteiger partial charge is 0.192 e. The van der Waals surface area contributed by atoms with Gasteiger partial charge in [-0.25, -0.2) is 0 Å². The molecule has 1 atom stereocenters. The Balaban J connectivity index is 2.27. The van der Waals surface area contributed by atoms with E-state index in [1.165, 1.54) is 89.9 Å². The topological polar surface area (TPSA) is 9.23 Å². The molecule has 0 aromatic rings. The Bertz CT molecular complexity index is 461. The maximum atomic E-state index is 7.25. The fraction of sp³-hybridized carbons (Fsp3) is 0.923. The van der Waals surface area contributed by atoms with Gasteiger partial charge in [-0.2, -0.15) is 0 Å². The van der Waals surface area contributed by atoms with Gasteiger partial charge in [0.2, 0.25) is 0 Å². The van der Waals surface area contributed by atoms with Gasteiger partial charge < -0.3 is 4.43 Å². The zero-order valence-corrected chi connectivity index (χ0v) is 21.1. The molecule has 164 valence electrons. The van der Waals surface area contributed by atoms with Crippen LogP contribution in [0.15, 0.2) is 11.6 Å². The fourth-order valence-electron chi connectivity index (χ4n) is 4.91. The lowest BCUT2D eigenvalue weighted by molar-refractivity contribution is 0.118. The van der Waals surface area contributed by atoms with Crippen LogP contribution in [0.1, 0.15) is 118 Å². The minimum absolute atomic E-state index is 0.291. The van der Waals surface area contributed by atoms with Crippen molar-refractivity contribution in [1.82, 2.24) is 0 Å². The second kappa shape index (κ2) is 11.3. The highest BCUT2D eigenvalue weighted by molar-refractivity contribution is 6.74. The Labute approximate surface area is 178 Å². The highest BCUT2D eigenvalue weighted by atomic mass is 28.4. The van der Waals surface area contributed by atoms with Gasteiger partial charge in [0.1, 0.15) is 0 Å². The summed E-state index contributed by atoms with van der Waals surface area (Å²) < 4.78 is 7.25. The van der Waals surface area contributed by atoms with Crippen LogP contribution >= 0.6 is 0 Å². The Morgan fingerprint density at radius 2 is 1.50 bits per heavy atom. The SMILES string of the molecule is CCCCC/C(=C\C1CCCCC1)C(O[Si](C)(C)C(C)(C)C)C1CCCCC1. The molecule has 1 unspecified atom stereocenters. The largest absolute Gasteiger partial charge is 0.410 e. The van der Waals surface area contributed by atoms with E-state index in [1.807, 2.05) is 0 Å². The number of rotatable bonds is 9. The van der Waals surface area contributed by atoms with Crippen molar-refractivity contribution in [1.29, 1.82) is 0 Å². The Kier molecular flexibility index (Phi) is 9.80. The van der Waals surface area contributed by atoms with Crippen LogP contribution in [-0.4, -0.2) is 14.4 Å². The van der Waals surface area contributed by atoms with Crippen LogP contribution in [0.3, 0.4) is 0 Å². The molecule has 0 spiro atoms. The molecule has 0 aromatic heterocycles. The van der Waals surface area contributed by atoms with Gasteiger partial charge in [-0.3, -0.25) is 0 Å². The lowest BCUT2D eigenvalue weighted by Crippen LogP contribution is -2.46. The lowest BCUT2D eigenvalue weighted by Gasteiger charge is -2.43. The van der Waals surface area contributed by atoms with Crippen LogP contribution in [-0.2, 0) is 4.43 Å². The van der Waals surface area contributed by atoms with Gasteiger partial charge in [-0.15, -0.1) is 0 Å². The molecule has 1 nitrogen and oxygen atoms in total. The van der Waals surface area contributed by atoms with E-state index in [4.69, 9.17) is 4.43 Å². The van der Waals surface area contributed by atoms with Crippen LogP contribution in [0.25, 0.3) is 0 Å². The summed E-state index contributed by atoms with van der Waals surface area (Å²) in [5, 5.41) is 0.291. The van der Waals surface area contributed by atoms with Crippen molar-refractivity contribution in [3.63, 3.8) is 0 Å². The average Bonchev–Trinajstić information content (AvgIpc) is 2.66. The van der Waals surface area contributed by atoms with Gasteiger partial charge >= 0.3 is 0 Å². The minimum atomic E-state index is -1.77. The molecule has 0 bridgehead atoms. The van der Waals surface area contributed by atoms with Crippen LogP contribution < -0.4 is 0 Å². The molecule has 2 saturated carbocycles. The van der Waals surface area contributed by atoms with Crippen molar-refractivity contribution in [3.05, 3.63) is 11.6 Å². The first-order chi connectivity index (χ1) is 13.2. The molecular formula is C26H50OSi. The summed E-state index contributed by atoms with van der Waals surface area (Å²) in [6.07, 6.45) is 22.6. The third kappa shape index (κ3) is 7.31. The van der Waals surface area contributed by atoms with Crippen LogP contribution in [0.2, 0.25) is 18.1 Å². The molecule has 0 saturated heterocycles. The first-order valence-electron chi connectivity index (χ1n) is 12.6. The quantitative estimate of drug-likeness (QED) is 0.211. The molecule has 0 aromatic carbocycles. The van der Waals surface area contributed by atoms with E-state index < -0.39 is 8.32 Å². The molecule has 0 amide bonds. The predicted molar refractivity (Wildman–Crippen MR) is 127 cm³/mol. The maximum Gasteiger partial charge on any atom is 0.192 e. The monoisotopic (exact) mass is 406 g/mol. The standard InChI is InChI=1S/C26H50OSi/c1-7-8-11-20-24(21-22-16-12-9-13-17-22)25(23-18-14-10-15-19-23)27-28(5,6)26(2,3)4/h21-23,25H,7-20H2,1-6H3/b24-21+. The van der Waals surface area contributed by atoms with Gasteiger partial charge in [-0.05, 0) is 74.1 Å². The van der Waals surface area contributed by atoms with Crippen LogP contribution in [0.4, 0.5) is 0 Å². The normalized spacial score (nSPS) is 22.4. The Morgan fingerprint density at radius 1 is 0.929 bits per heavy atom. The number of hydrogen-bond donors (Lipinski definition) is 0. The molecule has 2 rings (SSSR count). The molecule has 2 heteroatoms. The lowest BCUT2D eigenvalue weighted by atomic mass is 9.79. The van der Waals surface area contributed by atoms with E-state index in [-0.39, 0.29) is 0 Å². The first-order valence-corrected chi connectivity index (χ1v) is 15.5. The fourth-order valence-corrected chi connectivity index (χ4v) is 6.24. The van der Waals surface area contributed by atoms with Gasteiger partial charge in [0, 0.05) is 0 Å². The predicted octanol–water partition coefficient (Wildman–Crippen LogP) is 9.04. The van der Waals surface area contributed by atoms with Crippen LogP contribution in [0.5, 0.6) is 0 Å². The summed E-state index contributed by atoms with van der Waals surface area (Å²) in [5.74, 6) is 1.58. The molecule has 0 N–H and O–H groups in total. The molecule has 0 radical (unpaired) electrons.